The van der Waals surface area contributed by atoms with E-state index in [-0.39, 0.29) is 0 Å². The van der Waals surface area contributed by atoms with E-state index in [1.807, 2.05) is 30.3 Å². The summed E-state index contributed by atoms with van der Waals surface area (Å²) in [7, 11) is 0. The molecule has 0 heterocycles. The molecule has 0 saturated heterocycles. The van der Waals surface area contributed by atoms with Crippen LogP contribution in [-0.4, -0.2) is 11.0 Å². The van der Waals surface area contributed by atoms with Gasteiger partial charge in [0.15, 0.2) is 0 Å². The second-order valence-electron chi connectivity index (χ2n) is 2.40. The summed E-state index contributed by atoms with van der Waals surface area (Å²) in [4.78, 5) is 0. The first-order chi connectivity index (χ1) is 5.34. The van der Waals surface area contributed by atoms with E-state index in [0.717, 1.165) is 5.56 Å². The maximum Gasteiger partial charge on any atom is 0.0801 e. The molecule has 0 aromatic heterocycles. The lowest BCUT2D eigenvalue weighted by Crippen LogP contribution is -1.96. The van der Waals surface area contributed by atoms with Gasteiger partial charge in [-0.05, 0) is 12.0 Å². The molecule has 1 atom stereocenters. The van der Waals surface area contributed by atoms with Gasteiger partial charge in [-0.1, -0.05) is 30.3 Å². The lowest BCUT2D eigenvalue weighted by molar-refractivity contribution is 0.174. The van der Waals surface area contributed by atoms with E-state index >= 15 is 0 Å². The second-order valence-corrected chi connectivity index (χ2v) is 2.78. The number of hydrogen-bond donors (Lipinski definition) is 1. The minimum atomic E-state index is -0.409. The summed E-state index contributed by atoms with van der Waals surface area (Å²) in [6, 6.07) is 9.55. The highest BCUT2D eigenvalue weighted by atomic mass is 35.5. The molecule has 0 radical (unpaired) electrons. The molecular formula is C9H11ClO. The number of aliphatic hydroxyl groups excluding tert-OH is 1. The molecule has 1 rings (SSSR count). The van der Waals surface area contributed by atoms with E-state index in [2.05, 4.69) is 0 Å². The van der Waals surface area contributed by atoms with Crippen LogP contribution in [0.5, 0.6) is 0 Å². The summed E-state index contributed by atoms with van der Waals surface area (Å²) in [6.45, 7) is 0. The molecule has 0 aliphatic carbocycles. The molecular weight excluding hydrogens is 160 g/mol. The number of benzene rings is 1. The SMILES string of the molecule is O[C@@H](CCCl)c1ccccc1. The molecule has 0 fully saturated rings. The molecule has 11 heavy (non-hydrogen) atoms. The summed E-state index contributed by atoms with van der Waals surface area (Å²) in [5, 5.41) is 9.44. The zero-order chi connectivity index (χ0) is 8.10. The van der Waals surface area contributed by atoms with Crippen molar-refractivity contribution in [2.75, 3.05) is 5.88 Å². The molecule has 1 N–H and O–H groups in total. The fourth-order valence-electron chi connectivity index (χ4n) is 0.945. The van der Waals surface area contributed by atoms with Crippen molar-refractivity contribution in [3.8, 4) is 0 Å². The Balaban J connectivity index is 2.61. The number of rotatable bonds is 3. The lowest BCUT2D eigenvalue weighted by atomic mass is 10.1. The fraction of sp³-hybridized carbons (Fsp3) is 0.333. The van der Waals surface area contributed by atoms with Crippen LogP contribution >= 0.6 is 11.6 Å². The third-order valence-corrected chi connectivity index (χ3v) is 1.79. The Bertz CT molecular complexity index is 198. The van der Waals surface area contributed by atoms with Crippen LogP contribution in [0.1, 0.15) is 18.1 Å². The van der Waals surface area contributed by atoms with Gasteiger partial charge in [0, 0.05) is 5.88 Å². The average Bonchev–Trinajstić information content (AvgIpc) is 2.07. The third-order valence-electron chi connectivity index (χ3n) is 1.57. The minimum Gasteiger partial charge on any atom is -0.388 e. The summed E-state index contributed by atoms with van der Waals surface area (Å²) in [5.41, 5.74) is 0.938. The highest BCUT2D eigenvalue weighted by Gasteiger charge is 2.03. The van der Waals surface area contributed by atoms with Gasteiger partial charge in [0.1, 0.15) is 0 Å². The Morgan fingerprint density at radius 1 is 1.27 bits per heavy atom. The van der Waals surface area contributed by atoms with E-state index in [0.29, 0.717) is 12.3 Å². The summed E-state index contributed by atoms with van der Waals surface area (Å²) in [6.07, 6.45) is 0.208. The molecule has 0 aliphatic rings. The highest BCUT2D eigenvalue weighted by Crippen LogP contribution is 2.15. The zero-order valence-corrected chi connectivity index (χ0v) is 6.96. The summed E-state index contributed by atoms with van der Waals surface area (Å²) < 4.78 is 0. The van der Waals surface area contributed by atoms with Gasteiger partial charge in [0.2, 0.25) is 0 Å². The van der Waals surface area contributed by atoms with Crippen molar-refractivity contribution in [2.45, 2.75) is 12.5 Å². The van der Waals surface area contributed by atoms with Crippen molar-refractivity contribution in [1.82, 2.24) is 0 Å². The number of halogens is 1. The normalized spacial score (nSPS) is 12.9. The van der Waals surface area contributed by atoms with Crippen LogP contribution in [0.2, 0.25) is 0 Å². The Morgan fingerprint density at radius 3 is 2.45 bits per heavy atom. The Kier molecular flexibility index (Phi) is 3.40. The van der Waals surface area contributed by atoms with Gasteiger partial charge in [-0.3, -0.25) is 0 Å². The monoisotopic (exact) mass is 170 g/mol. The van der Waals surface area contributed by atoms with Crippen molar-refractivity contribution in [3.63, 3.8) is 0 Å². The summed E-state index contributed by atoms with van der Waals surface area (Å²) in [5.74, 6) is 0.496. The van der Waals surface area contributed by atoms with Gasteiger partial charge in [-0.2, -0.15) is 0 Å². The smallest absolute Gasteiger partial charge is 0.0801 e. The zero-order valence-electron chi connectivity index (χ0n) is 6.20. The average molecular weight is 171 g/mol. The molecule has 0 amide bonds. The Hall–Kier alpha value is -0.530. The largest absolute Gasteiger partial charge is 0.388 e. The first-order valence-electron chi connectivity index (χ1n) is 3.63. The van der Waals surface area contributed by atoms with Crippen LogP contribution in [0.3, 0.4) is 0 Å². The molecule has 1 nitrogen and oxygen atoms in total. The van der Waals surface area contributed by atoms with E-state index in [9.17, 15) is 5.11 Å². The molecule has 0 saturated carbocycles. The van der Waals surface area contributed by atoms with Gasteiger partial charge in [-0.15, -0.1) is 11.6 Å². The Morgan fingerprint density at radius 2 is 1.91 bits per heavy atom. The van der Waals surface area contributed by atoms with E-state index < -0.39 is 6.10 Å². The topological polar surface area (TPSA) is 20.2 Å². The van der Waals surface area contributed by atoms with Gasteiger partial charge in [0.05, 0.1) is 6.10 Å². The van der Waals surface area contributed by atoms with Crippen LogP contribution in [0.25, 0.3) is 0 Å². The second kappa shape index (κ2) is 4.37. The maximum absolute atomic E-state index is 9.44. The molecule has 1 aromatic rings. The van der Waals surface area contributed by atoms with Gasteiger partial charge >= 0.3 is 0 Å². The van der Waals surface area contributed by atoms with Crippen LogP contribution in [0.4, 0.5) is 0 Å². The molecule has 1 aromatic carbocycles. The van der Waals surface area contributed by atoms with Gasteiger partial charge in [0.25, 0.3) is 0 Å². The van der Waals surface area contributed by atoms with Crippen molar-refractivity contribution < 1.29 is 5.11 Å². The number of hydrogen-bond acceptors (Lipinski definition) is 1. The lowest BCUT2D eigenvalue weighted by Gasteiger charge is -2.07. The van der Waals surface area contributed by atoms with E-state index in [1.54, 1.807) is 0 Å². The van der Waals surface area contributed by atoms with Crippen LogP contribution in [0.15, 0.2) is 30.3 Å². The predicted octanol–water partition coefficient (Wildman–Crippen LogP) is 2.35. The van der Waals surface area contributed by atoms with E-state index in [1.165, 1.54) is 0 Å². The molecule has 0 unspecified atom stereocenters. The standard InChI is InChI=1S/C9H11ClO/c10-7-6-9(11)8-4-2-1-3-5-8/h1-5,9,11H,6-7H2/t9-/m0/s1. The summed E-state index contributed by atoms with van der Waals surface area (Å²) >= 11 is 5.49. The number of aliphatic hydroxyl groups is 1. The van der Waals surface area contributed by atoms with E-state index in [4.69, 9.17) is 11.6 Å². The van der Waals surface area contributed by atoms with Gasteiger partial charge in [-0.25, -0.2) is 0 Å². The predicted molar refractivity (Wildman–Crippen MR) is 46.7 cm³/mol. The van der Waals surface area contributed by atoms with Gasteiger partial charge < -0.3 is 5.11 Å². The van der Waals surface area contributed by atoms with Crippen molar-refractivity contribution in [3.05, 3.63) is 35.9 Å². The highest BCUT2D eigenvalue weighted by molar-refractivity contribution is 6.17. The first kappa shape index (κ1) is 8.57. The maximum atomic E-state index is 9.44. The molecule has 0 bridgehead atoms. The molecule has 0 spiro atoms. The number of alkyl halides is 1. The third kappa shape index (κ3) is 2.52. The minimum absolute atomic E-state index is 0.409. The van der Waals surface area contributed by atoms with Crippen molar-refractivity contribution in [2.24, 2.45) is 0 Å². The van der Waals surface area contributed by atoms with Crippen LogP contribution < -0.4 is 0 Å². The fourth-order valence-corrected chi connectivity index (χ4v) is 1.15. The van der Waals surface area contributed by atoms with Crippen molar-refractivity contribution in [1.29, 1.82) is 0 Å². The van der Waals surface area contributed by atoms with Crippen molar-refractivity contribution >= 4 is 11.6 Å². The Labute approximate surface area is 71.6 Å². The molecule has 60 valence electrons. The molecule has 2 heteroatoms. The molecule has 0 aliphatic heterocycles. The quantitative estimate of drug-likeness (QED) is 0.691. The first-order valence-corrected chi connectivity index (χ1v) is 4.17. The van der Waals surface area contributed by atoms with Crippen LogP contribution in [0, 0.1) is 0 Å². The van der Waals surface area contributed by atoms with Crippen LogP contribution in [-0.2, 0) is 0 Å².